The molecule has 0 unspecified atom stereocenters. The van der Waals surface area contributed by atoms with Gasteiger partial charge in [-0.25, -0.2) is 9.97 Å². The van der Waals surface area contributed by atoms with Gasteiger partial charge >= 0.3 is 0 Å². The molecule has 6 aromatic rings. The van der Waals surface area contributed by atoms with Gasteiger partial charge in [-0.15, -0.1) is 11.3 Å². The van der Waals surface area contributed by atoms with Crippen LogP contribution < -0.4 is 5.32 Å². The molecule has 0 aliphatic rings. The monoisotopic (exact) mass is 525 g/mol. The molecule has 4 nitrogen and oxygen atoms in total. The minimum absolute atomic E-state index is 0.187. The lowest BCUT2D eigenvalue weighted by atomic mass is 10.0. The van der Waals surface area contributed by atoms with E-state index < -0.39 is 0 Å². The number of amides is 1. The normalized spacial score (nSPS) is 11.0. The quantitative estimate of drug-likeness (QED) is 0.226. The molecule has 0 saturated carbocycles. The SMILES string of the molecule is CCCc1sc(NC(=O)c2cc(-c3ccccc3)nc3ccccc23)nc1-c1ccc(-c2ccccc2)cc1. The van der Waals surface area contributed by atoms with Crippen molar-refractivity contribution in [3.8, 4) is 33.6 Å². The van der Waals surface area contributed by atoms with Crippen molar-refractivity contribution in [2.75, 3.05) is 5.32 Å². The third kappa shape index (κ3) is 5.22. The van der Waals surface area contributed by atoms with E-state index in [1.165, 1.54) is 16.0 Å². The van der Waals surface area contributed by atoms with Gasteiger partial charge in [0, 0.05) is 21.4 Å². The molecule has 190 valence electrons. The van der Waals surface area contributed by atoms with Gasteiger partial charge in [-0.3, -0.25) is 10.1 Å². The molecular formula is C34H27N3OS. The summed E-state index contributed by atoms with van der Waals surface area (Å²) in [7, 11) is 0. The predicted molar refractivity (Wildman–Crippen MR) is 162 cm³/mol. The number of anilines is 1. The number of rotatable bonds is 7. The van der Waals surface area contributed by atoms with Crippen LogP contribution in [0, 0.1) is 0 Å². The molecular weight excluding hydrogens is 498 g/mol. The zero-order valence-corrected chi connectivity index (χ0v) is 22.4. The van der Waals surface area contributed by atoms with Gasteiger partial charge in [0.2, 0.25) is 0 Å². The molecule has 0 bridgehead atoms. The van der Waals surface area contributed by atoms with Gasteiger partial charge in [-0.2, -0.15) is 0 Å². The molecule has 4 aromatic carbocycles. The zero-order chi connectivity index (χ0) is 26.6. The van der Waals surface area contributed by atoms with Crippen LogP contribution in [0.3, 0.4) is 0 Å². The molecule has 1 amide bonds. The molecule has 0 aliphatic carbocycles. The van der Waals surface area contributed by atoms with E-state index in [0.29, 0.717) is 10.7 Å². The van der Waals surface area contributed by atoms with Crippen molar-refractivity contribution in [2.45, 2.75) is 19.8 Å². The Balaban J connectivity index is 1.33. The van der Waals surface area contributed by atoms with Crippen molar-refractivity contribution in [3.63, 3.8) is 0 Å². The van der Waals surface area contributed by atoms with Gasteiger partial charge in [0.25, 0.3) is 5.91 Å². The van der Waals surface area contributed by atoms with Gasteiger partial charge in [0.15, 0.2) is 5.13 Å². The summed E-state index contributed by atoms with van der Waals surface area (Å²) in [6.07, 6.45) is 1.90. The second-order valence-electron chi connectivity index (χ2n) is 9.38. The fourth-order valence-electron chi connectivity index (χ4n) is 4.76. The van der Waals surface area contributed by atoms with Crippen LogP contribution in [0.2, 0.25) is 0 Å². The van der Waals surface area contributed by atoms with E-state index in [4.69, 9.17) is 9.97 Å². The van der Waals surface area contributed by atoms with Crippen LogP contribution in [0.15, 0.2) is 115 Å². The maximum atomic E-state index is 13.7. The first-order valence-electron chi connectivity index (χ1n) is 13.1. The highest BCUT2D eigenvalue weighted by atomic mass is 32.1. The van der Waals surface area contributed by atoms with E-state index in [1.54, 1.807) is 11.3 Å². The minimum Gasteiger partial charge on any atom is -0.298 e. The van der Waals surface area contributed by atoms with Crippen LogP contribution in [0.1, 0.15) is 28.6 Å². The van der Waals surface area contributed by atoms with Crippen molar-refractivity contribution in [3.05, 3.63) is 126 Å². The topological polar surface area (TPSA) is 54.9 Å². The van der Waals surface area contributed by atoms with Gasteiger partial charge < -0.3 is 0 Å². The second-order valence-corrected chi connectivity index (χ2v) is 10.5. The Morgan fingerprint density at radius 1 is 0.718 bits per heavy atom. The lowest BCUT2D eigenvalue weighted by Gasteiger charge is -2.09. The summed E-state index contributed by atoms with van der Waals surface area (Å²) in [5.74, 6) is -0.187. The molecule has 0 radical (unpaired) electrons. The van der Waals surface area contributed by atoms with Gasteiger partial charge in [-0.05, 0) is 29.7 Å². The number of aromatic nitrogens is 2. The number of aryl methyl sites for hydroxylation is 1. The van der Waals surface area contributed by atoms with Crippen LogP contribution in [0.25, 0.3) is 44.5 Å². The molecule has 2 aromatic heterocycles. The van der Waals surface area contributed by atoms with E-state index >= 15 is 0 Å². The highest BCUT2D eigenvalue weighted by molar-refractivity contribution is 7.16. The standard InChI is InChI=1S/C34H27N3OS/c1-2-11-31-32(26-20-18-24(19-21-26)23-12-5-3-6-13-23)36-34(39-31)37-33(38)28-22-30(25-14-7-4-8-15-25)35-29-17-10-9-16-27(28)29/h3-10,12-22H,2,11H2,1H3,(H,36,37,38). The van der Waals surface area contributed by atoms with Crippen molar-refractivity contribution in [1.29, 1.82) is 0 Å². The average molecular weight is 526 g/mol. The summed E-state index contributed by atoms with van der Waals surface area (Å²) < 4.78 is 0. The third-order valence-electron chi connectivity index (χ3n) is 6.69. The Bertz CT molecular complexity index is 1740. The van der Waals surface area contributed by atoms with Crippen LogP contribution >= 0.6 is 11.3 Å². The first-order chi connectivity index (χ1) is 19.2. The number of pyridine rings is 1. The van der Waals surface area contributed by atoms with Crippen LogP contribution in [0.5, 0.6) is 0 Å². The number of hydrogen-bond donors (Lipinski definition) is 1. The first-order valence-corrected chi connectivity index (χ1v) is 13.9. The molecule has 2 heterocycles. The Morgan fingerprint density at radius 3 is 2.05 bits per heavy atom. The lowest BCUT2D eigenvalue weighted by molar-refractivity contribution is 0.102. The van der Waals surface area contributed by atoms with Gasteiger partial charge in [0.05, 0.1) is 22.5 Å². The van der Waals surface area contributed by atoms with E-state index in [9.17, 15) is 4.79 Å². The van der Waals surface area contributed by atoms with E-state index in [1.807, 2.05) is 78.9 Å². The molecule has 0 atom stereocenters. The number of nitrogens with zero attached hydrogens (tertiary/aromatic N) is 2. The Hall–Kier alpha value is -4.61. The predicted octanol–water partition coefficient (Wildman–Crippen LogP) is 8.90. The number of thiazole rings is 1. The maximum Gasteiger partial charge on any atom is 0.258 e. The summed E-state index contributed by atoms with van der Waals surface area (Å²) in [5.41, 5.74) is 7.44. The van der Waals surface area contributed by atoms with Gasteiger partial charge in [-0.1, -0.05) is 116 Å². The molecule has 39 heavy (non-hydrogen) atoms. The summed E-state index contributed by atoms with van der Waals surface area (Å²) in [6, 6.07) is 38.4. The molecule has 5 heteroatoms. The van der Waals surface area contributed by atoms with Gasteiger partial charge in [0.1, 0.15) is 0 Å². The van der Waals surface area contributed by atoms with E-state index in [-0.39, 0.29) is 5.91 Å². The summed E-state index contributed by atoms with van der Waals surface area (Å²) >= 11 is 1.55. The van der Waals surface area contributed by atoms with Crippen LogP contribution in [-0.2, 0) is 6.42 Å². The fourth-order valence-corrected chi connectivity index (χ4v) is 5.84. The van der Waals surface area contributed by atoms with Crippen molar-refractivity contribution >= 4 is 33.3 Å². The van der Waals surface area contributed by atoms with E-state index in [0.717, 1.165) is 46.3 Å². The summed E-state index contributed by atoms with van der Waals surface area (Å²) in [6.45, 7) is 2.16. The van der Waals surface area contributed by atoms with Crippen LogP contribution in [0.4, 0.5) is 5.13 Å². The van der Waals surface area contributed by atoms with Crippen molar-refractivity contribution < 1.29 is 4.79 Å². The lowest BCUT2D eigenvalue weighted by Crippen LogP contribution is -2.13. The fraction of sp³-hybridized carbons (Fsp3) is 0.0882. The number of carbonyl (C=O) groups excluding carboxylic acids is 1. The van der Waals surface area contributed by atoms with Crippen molar-refractivity contribution in [2.24, 2.45) is 0 Å². The Morgan fingerprint density at radius 2 is 1.33 bits per heavy atom. The Kier molecular flexibility index (Phi) is 6.98. The largest absolute Gasteiger partial charge is 0.298 e. The number of carbonyl (C=O) groups is 1. The number of fused-ring (bicyclic) bond motifs is 1. The van der Waals surface area contributed by atoms with Crippen LogP contribution in [-0.4, -0.2) is 15.9 Å². The number of nitrogens with one attached hydrogen (secondary N) is 1. The zero-order valence-electron chi connectivity index (χ0n) is 21.6. The number of hydrogen-bond acceptors (Lipinski definition) is 4. The summed E-state index contributed by atoms with van der Waals surface area (Å²) in [5, 5.41) is 4.52. The third-order valence-corrected chi connectivity index (χ3v) is 7.72. The maximum absolute atomic E-state index is 13.7. The molecule has 6 rings (SSSR count). The molecule has 0 spiro atoms. The molecule has 1 N–H and O–H groups in total. The average Bonchev–Trinajstić information content (AvgIpc) is 3.39. The molecule has 0 saturated heterocycles. The number of para-hydroxylation sites is 1. The first kappa shape index (κ1) is 24.7. The number of benzene rings is 4. The second kappa shape index (κ2) is 11.0. The minimum atomic E-state index is -0.187. The molecule has 0 fully saturated rings. The smallest absolute Gasteiger partial charge is 0.258 e. The molecule has 0 aliphatic heterocycles. The van der Waals surface area contributed by atoms with Crippen molar-refractivity contribution in [1.82, 2.24) is 9.97 Å². The highest BCUT2D eigenvalue weighted by Gasteiger charge is 2.18. The van der Waals surface area contributed by atoms with E-state index in [2.05, 4.69) is 48.6 Å². The highest BCUT2D eigenvalue weighted by Crippen LogP contribution is 2.34. The Labute approximate surface area is 232 Å². The summed E-state index contributed by atoms with van der Waals surface area (Å²) in [4.78, 5) is 24.5.